The smallest absolute Gasteiger partial charge is 0.305 e. The fourth-order valence-corrected chi connectivity index (χ4v) is 1.97. The van der Waals surface area contributed by atoms with Gasteiger partial charge in [0, 0.05) is 12.3 Å². The zero-order valence-corrected chi connectivity index (χ0v) is 9.07. The molecular weight excluding hydrogens is 207 g/mol. The summed E-state index contributed by atoms with van der Waals surface area (Å²) in [5, 5.41) is 0. The van der Waals surface area contributed by atoms with Crippen molar-refractivity contribution in [2.75, 3.05) is 7.11 Å². The van der Waals surface area contributed by atoms with Crippen LogP contribution in [0.5, 0.6) is 0 Å². The Morgan fingerprint density at radius 1 is 1.50 bits per heavy atom. The largest absolute Gasteiger partial charge is 0.469 e. The molecule has 0 fully saturated rings. The number of carbonyl (C=O) groups is 1. The third-order valence-electron chi connectivity index (χ3n) is 2.84. The van der Waals surface area contributed by atoms with Crippen LogP contribution in [0.15, 0.2) is 24.3 Å². The molecule has 0 amide bonds. The van der Waals surface area contributed by atoms with Crippen molar-refractivity contribution < 1.29 is 13.9 Å². The minimum Gasteiger partial charge on any atom is -0.469 e. The number of hydrogen-bond donors (Lipinski definition) is 0. The molecule has 0 radical (unpaired) electrons. The van der Waals surface area contributed by atoms with E-state index in [0.29, 0.717) is 12.8 Å². The Bertz CT molecular complexity index is 438. The molecule has 0 aromatic heterocycles. The predicted molar refractivity (Wildman–Crippen MR) is 59.4 cm³/mol. The molecule has 2 nitrogen and oxygen atoms in total. The Hall–Kier alpha value is -1.64. The van der Waals surface area contributed by atoms with E-state index < -0.39 is 0 Å². The first kappa shape index (κ1) is 10.9. The van der Waals surface area contributed by atoms with Crippen LogP contribution < -0.4 is 0 Å². The van der Waals surface area contributed by atoms with Gasteiger partial charge in [0.05, 0.1) is 7.11 Å². The zero-order valence-electron chi connectivity index (χ0n) is 9.07. The molecule has 1 aliphatic rings. The summed E-state index contributed by atoms with van der Waals surface area (Å²) < 4.78 is 17.7. The summed E-state index contributed by atoms with van der Waals surface area (Å²) in [5.74, 6) is -0.325. The van der Waals surface area contributed by atoms with Gasteiger partial charge in [-0.25, -0.2) is 4.39 Å². The number of ether oxygens (including phenoxy) is 1. The van der Waals surface area contributed by atoms with Crippen LogP contribution >= 0.6 is 0 Å². The van der Waals surface area contributed by atoms with E-state index in [9.17, 15) is 9.18 Å². The van der Waals surface area contributed by atoms with E-state index in [0.717, 1.165) is 11.1 Å². The number of allylic oxidation sites excluding steroid dienone is 1. The number of halogens is 1. The van der Waals surface area contributed by atoms with Gasteiger partial charge in [-0.3, -0.25) is 4.79 Å². The van der Waals surface area contributed by atoms with E-state index in [1.54, 1.807) is 6.07 Å². The molecule has 1 aliphatic carbocycles. The van der Waals surface area contributed by atoms with Crippen LogP contribution in [0.25, 0.3) is 6.08 Å². The van der Waals surface area contributed by atoms with Gasteiger partial charge in [0.2, 0.25) is 0 Å². The summed E-state index contributed by atoms with van der Waals surface area (Å²) in [6.45, 7) is 0. The molecule has 1 aromatic carbocycles. The lowest BCUT2D eigenvalue weighted by molar-refractivity contribution is -0.140. The normalized spacial score (nSPS) is 17.2. The highest BCUT2D eigenvalue weighted by atomic mass is 19.1. The van der Waals surface area contributed by atoms with Crippen molar-refractivity contribution in [1.82, 2.24) is 0 Å². The van der Waals surface area contributed by atoms with Crippen LogP contribution in [0.1, 0.15) is 29.9 Å². The Morgan fingerprint density at radius 2 is 2.31 bits per heavy atom. The minimum absolute atomic E-state index is 0.129. The van der Waals surface area contributed by atoms with Gasteiger partial charge in [-0.15, -0.1) is 0 Å². The van der Waals surface area contributed by atoms with Crippen molar-refractivity contribution in [2.45, 2.75) is 18.8 Å². The zero-order chi connectivity index (χ0) is 11.5. The fraction of sp³-hybridized carbons (Fsp3) is 0.308. The van der Waals surface area contributed by atoms with Gasteiger partial charge in [-0.05, 0) is 29.7 Å². The molecule has 0 spiro atoms. The minimum atomic E-state index is -0.231. The van der Waals surface area contributed by atoms with Crippen molar-refractivity contribution >= 4 is 12.0 Å². The molecule has 0 saturated carbocycles. The average Bonchev–Trinajstić information content (AvgIpc) is 2.68. The highest BCUT2D eigenvalue weighted by Crippen LogP contribution is 2.33. The Kier molecular flexibility index (Phi) is 3.04. The Morgan fingerprint density at radius 3 is 3.06 bits per heavy atom. The van der Waals surface area contributed by atoms with Crippen LogP contribution in [-0.2, 0) is 9.53 Å². The predicted octanol–water partition coefficient (Wildman–Crippen LogP) is 2.89. The lowest BCUT2D eigenvalue weighted by Crippen LogP contribution is -2.03. The first-order valence-electron chi connectivity index (χ1n) is 5.25. The number of hydrogen-bond acceptors (Lipinski definition) is 2. The molecule has 2 rings (SSSR count). The van der Waals surface area contributed by atoms with Crippen LogP contribution in [0.3, 0.4) is 0 Å². The molecule has 1 atom stereocenters. The monoisotopic (exact) mass is 220 g/mol. The standard InChI is InChI=1S/C13H13FO2/c1-16-13(15)7-5-10-3-2-9-4-6-11(14)8-12(9)10/h2-4,6,8,10H,5,7H2,1H3. The summed E-state index contributed by atoms with van der Waals surface area (Å²) in [4.78, 5) is 11.0. The Balaban J connectivity index is 2.08. The second kappa shape index (κ2) is 4.47. The van der Waals surface area contributed by atoms with Crippen LogP contribution in [0, 0.1) is 5.82 Å². The van der Waals surface area contributed by atoms with Gasteiger partial charge in [0.15, 0.2) is 0 Å². The number of benzene rings is 1. The summed E-state index contributed by atoms with van der Waals surface area (Å²) in [6.07, 6.45) is 5.00. The van der Waals surface area contributed by atoms with Gasteiger partial charge >= 0.3 is 5.97 Å². The van der Waals surface area contributed by atoms with E-state index in [2.05, 4.69) is 4.74 Å². The summed E-state index contributed by atoms with van der Waals surface area (Å²) in [7, 11) is 1.38. The molecule has 1 unspecified atom stereocenters. The second-order valence-corrected chi connectivity index (χ2v) is 3.85. The van der Waals surface area contributed by atoms with Crippen LogP contribution in [0.2, 0.25) is 0 Å². The maximum Gasteiger partial charge on any atom is 0.305 e. The highest BCUT2D eigenvalue weighted by molar-refractivity contribution is 5.70. The van der Waals surface area contributed by atoms with Crippen LogP contribution in [0.4, 0.5) is 4.39 Å². The van der Waals surface area contributed by atoms with Crippen molar-refractivity contribution in [3.8, 4) is 0 Å². The summed E-state index contributed by atoms with van der Waals surface area (Å²) >= 11 is 0. The molecule has 3 heteroatoms. The summed E-state index contributed by atoms with van der Waals surface area (Å²) in [6, 6.07) is 4.75. The molecule has 0 N–H and O–H groups in total. The van der Waals surface area contributed by atoms with Gasteiger partial charge in [-0.2, -0.15) is 0 Å². The van der Waals surface area contributed by atoms with Crippen LogP contribution in [-0.4, -0.2) is 13.1 Å². The van der Waals surface area contributed by atoms with Crippen molar-refractivity contribution in [1.29, 1.82) is 0 Å². The van der Waals surface area contributed by atoms with Crippen molar-refractivity contribution in [3.63, 3.8) is 0 Å². The van der Waals surface area contributed by atoms with Crippen molar-refractivity contribution in [2.24, 2.45) is 0 Å². The SMILES string of the molecule is COC(=O)CCC1C=Cc2ccc(F)cc21. The third-order valence-corrected chi connectivity index (χ3v) is 2.84. The molecule has 0 heterocycles. The molecule has 0 saturated heterocycles. The number of esters is 1. The highest BCUT2D eigenvalue weighted by Gasteiger charge is 2.18. The Labute approximate surface area is 93.7 Å². The molecule has 0 bridgehead atoms. The first-order chi connectivity index (χ1) is 7.70. The fourth-order valence-electron chi connectivity index (χ4n) is 1.97. The van der Waals surface area contributed by atoms with E-state index in [1.807, 2.05) is 12.2 Å². The molecule has 1 aromatic rings. The lowest BCUT2D eigenvalue weighted by Gasteiger charge is -2.09. The maximum atomic E-state index is 13.1. The van der Waals surface area contributed by atoms with E-state index in [1.165, 1.54) is 19.2 Å². The van der Waals surface area contributed by atoms with Gasteiger partial charge in [-0.1, -0.05) is 18.2 Å². The number of rotatable bonds is 3. The van der Waals surface area contributed by atoms with E-state index in [4.69, 9.17) is 0 Å². The average molecular weight is 220 g/mol. The quantitative estimate of drug-likeness (QED) is 0.732. The summed E-state index contributed by atoms with van der Waals surface area (Å²) in [5.41, 5.74) is 2.00. The molecule has 0 aliphatic heterocycles. The number of carbonyl (C=O) groups excluding carboxylic acids is 1. The van der Waals surface area contributed by atoms with Gasteiger partial charge < -0.3 is 4.74 Å². The van der Waals surface area contributed by atoms with E-state index >= 15 is 0 Å². The molecule has 16 heavy (non-hydrogen) atoms. The topological polar surface area (TPSA) is 26.3 Å². The van der Waals surface area contributed by atoms with E-state index in [-0.39, 0.29) is 17.7 Å². The third kappa shape index (κ3) is 2.13. The first-order valence-corrected chi connectivity index (χ1v) is 5.25. The maximum absolute atomic E-state index is 13.1. The lowest BCUT2D eigenvalue weighted by atomic mass is 9.96. The second-order valence-electron chi connectivity index (χ2n) is 3.85. The van der Waals surface area contributed by atoms with Crippen molar-refractivity contribution in [3.05, 3.63) is 41.2 Å². The number of methoxy groups -OCH3 is 1. The van der Waals surface area contributed by atoms with Gasteiger partial charge in [0.25, 0.3) is 0 Å². The molecule has 84 valence electrons. The number of fused-ring (bicyclic) bond motifs is 1. The van der Waals surface area contributed by atoms with Gasteiger partial charge in [0.1, 0.15) is 5.82 Å². The molecular formula is C13H13FO2.